The van der Waals surface area contributed by atoms with Gasteiger partial charge in [-0.25, -0.2) is 14.2 Å². The maximum absolute atomic E-state index is 13.1. The Morgan fingerprint density at radius 1 is 1.27 bits per heavy atom. The quantitative estimate of drug-likeness (QED) is 0.436. The number of hydrogen-bond acceptors (Lipinski definition) is 6. The highest BCUT2D eigenvalue weighted by atomic mass is 35.5. The molecule has 0 aliphatic rings. The molecule has 0 bridgehead atoms. The second-order valence-electron chi connectivity index (χ2n) is 6.34. The largest absolute Gasteiger partial charge is 0.465 e. The number of ether oxygens (including phenoxy) is 1. The molecule has 0 saturated heterocycles. The summed E-state index contributed by atoms with van der Waals surface area (Å²) in [7, 11) is 1.28. The molecule has 152 valence electrons. The van der Waals surface area contributed by atoms with Crippen molar-refractivity contribution < 1.29 is 18.3 Å². The lowest BCUT2D eigenvalue weighted by molar-refractivity contribution is 0.0605. The Kier molecular flexibility index (Phi) is 5.27. The number of carbonyl (C=O) groups excluding carboxylic acids is 1. The van der Waals surface area contributed by atoms with E-state index in [0.29, 0.717) is 37.7 Å². The van der Waals surface area contributed by atoms with Crippen molar-refractivity contribution in [3.8, 4) is 11.3 Å². The highest BCUT2D eigenvalue weighted by Crippen LogP contribution is 2.30. The Bertz CT molecular complexity index is 1350. The zero-order valence-electron chi connectivity index (χ0n) is 15.8. The van der Waals surface area contributed by atoms with Crippen molar-refractivity contribution in [1.82, 2.24) is 9.97 Å². The summed E-state index contributed by atoms with van der Waals surface area (Å²) in [4.78, 5) is 32.1. The van der Waals surface area contributed by atoms with Crippen LogP contribution >= 0.6 is 22.9 Å². The van der Waals surface area contributed by atoms with Gasteiger partial charge in [-0.2, -0.15) is 0 Å². The van der Waals surface area contributed by atoms with Gasteiger partial charge in [-0.3, -0.25) is 4.79 Å². The van der Waals surface area contributed by atoms with E-state index in [0.717, 1.165) is 11.3 Å². The van der Waals surface area contributed by atoms with Gasteiger partial charge in [-0.05, 0) is 48.9 Å². The van der Waals surface area contributed by atoms with Crippen LogP contribution in [0.3, 0.4) is 0 Å². The molecule has 30 heavy (non-hydrogen) atoms. The fourth-order valence-electron chi connectivity index (χ4n) is 2.94. The number of thiophene rings is 1. The highest BCUT2D eigenvalue weighted by Gasteiger charge is 2.20. The number of H-pyrrole nitrogens is 1. The molecule has 4 rings (SSSR count). The maximum Gasteiger partial charge on any atom is 0.348 e. The van der Waals surface area contributed by atoms with Gasteiger partial charge in [-0.1, -0.05) is 11.6 Å². The van der Waals surface area contributed by atoms with E-state index in [1.807, 2.05) is 0 Å². The van der Waals surface area contributed by atoms with Crippen LogP contribution < -0.4 is 5.56 Å². The molecule has 0 aliphatic heterocycles. The molecule has 1 N–H and O–H groups in total. The summed E-state index contributed by atoms with van der Waals surface area (Å²) in [6, 6.07) is 9.32. The van der Waals surface area contributed by atoms with Gasteiger partial charge < -0.3 is 14.1 Å². The number of nitrogens with zero attached hydrogens (tertiary/aromatic N) is 1. The number of methoxy groups -OCH3 is 1. The number of benzene rings is 1. The molecular formula is C21H14ClFN2O4S. The van der Waals surface area contributed by atoms with E-state index in [9.17, 15) is 14.0 Å². The fourth-order valence-corrected chi connectivity index (χ4v) is 4.23. The van der Waals surface area contributed by atoms with Gasteiger partial charge in [0.1, 0.15) is 27.0 Å². The van der Waals surface area contributed by atoms with Crippen molar-refractivity contribution in [3.05, 3.63) is 74.6 Å². The number of hydrogen-bond donors (Lipinski definition) is 1. The molecule has 0 spiro atoms. The van der Waals surface area contributed by atoms with Gasteiger partial charge in [0.25, 0.3) is 5.56 Å². The molecule has 0 unspecified atom stereocenters. The molecule has 4 aromatic rings. The van der Waals surface area contributed by atoms with Crippen molar-refractivity contribution in [3.63, 3.8) is 0 Å². The topological polar surface area (TPSA) is 85.2 Å². The summed E-state index contributed by atoms with van der Waals surface area (Å²) in [5, 5.41) is 0.477. The van der Waals surface area contributed by atoms with E-state index >= 15 is 0 Å². The first-order chi connectivity index (χ1) is 14.4. The zero-order valence-corrected chi connectivity index (χ0v) is 17.4. The molecule has 6 nitrogen and oxygen atoms in total. The van der Waals surface area contributed by atoms with Crippen LogP contribution in [-0.2, 0) is 4.74 Å². The predicted octanol–water partition coefficient (Wildman–Crippen LogP) is 5.22. The van der Waals surface area contributed by atoms with Crippen LogP contribution in [0.2, 0.25) is 0 Å². The molecule has 3 aromatic heterocycles. The summed E-state index contributed by atoms with van der Waals surface area (Å²) >= 11 is 7.42. The monoisotopic (exact) mass is 444 g/mol. The molecule has 0 saturated carbocycles. The maximum atomic E-state index is 13.1. The molecule has 0 radical (unpaired) electrons. The van der Waals surface area contributed by atoms with Gasteiger partial charge >= 0.3 is 5.97 Å². The summed E-state index contributed by atoms with van der Waals surface area (Å²) < 4.78 is 23.6. The Hall–Kier alpha value is -3.23. The molecule has 0 aliphatic carbocycles. The van der Waals surface area contributed by atoms with E-state index < -0.39 is 11.5 Å². The summed E-state index contributed by atoms with van der Waals surface area (Å²) in [5.74, 6) is 0.255. The molecular weight excluding hydrogens is 431 g/mol. The van der Waals surface area contributed by atoms with Crippen LogP contribution in [0, 0.1) is 12.7 Å². The number of rotatable bonds is 4. The van der Waals surface area contributed by atoms with Crippen molar-refractivity contribution in [2.24, 2.45) is 0 Å². The Balaban J connectivity index is 1.70. The van der Waals surface area contributed by atoms with E-state index in [-0.39, 0.29) is 16.7 Å². The van der Waals surface area contributed by atoms with Gasteiger partial charge in [0.05, 0.1) is 17.5 Å². The van der Waals surface area contributed by atoms with E-state index in [2.05, 4.69) is 9.97 Å². The minimum atomic E-state index is -0.526. The Morgan fingerprint density at radius 3 is 2.70 bits per heavy atom. The molecule has 0 fully saturated rings. The number of carbonyl (C=O) groups is 1. The minimum absolute atomic E-state index is 0.145. The minimum Gasteiger partial charge on any atom is -0.465 e. The van der Waals surface area contributed by atoms with Crippen LogP contribution in [0.5, 0.6) is 0 Å². The number of aryl methyl sites for hydroxylation is 1. The third-order valence-electron chi connectivity index (χ3n) is 4.42. The average molecular weight is 445 g/mol. The SMILES string of the molecule is COC(=O)c1sc2nc(/C(Cl)=C/c3ccc(-c4ccc(F)cc4)o3)[nH]c(=O)c2c1C. The van der Waals surface area contributed by atoms with E-state index in [1.165, 1.54) is 25.3 Å². The van der Waals surface area contributed by atoms with Crippen LogP contribution in [0.1, 0.15) is 26.8 Å². The molecule has 1 aromatic carbocycles. The summed E-state index contributed by atoms with van der Waals surface area (Å²) in [6.45, 7) is 1.67. The smallest absolute Gasteiger partial charge is 0.348 e. The third-order valence-corrected chi connectivity index (χ3v) is 5.88. The number of aromatic amines is 1. The number of esters is 1. The Morgan fingerprint density at radius 2 is 2.00 bits per heavy atom. The van der Waals surface area contributed by atoms with Gasteiger partial charge in [0.15, 0.2) is 5.82 Å². The molecule has 0 amide bonds. The third kappa shape index (κ3) is 3.67. The standard InChI is InChI=1S/C21H14ClFN2O4S/c1-10-16-19(26)24-18(25-20(16)30-17(10)21(27)28-2)14(22)9-13-7-8-15(29-13)11-3-5-12(23)6-4-11/h3-9H,1-2H3,(H,24,25,26)/b14-9-. The summed E-state index contributed by atoms with van der Waals surface area (Å²) in [6.07, 6.45) is 1.51. The normalized spacial score (nSPS) is 11.8. The second kappa shape index (κ2) is 7.89. The highest BCUT2D eigenvalue weighted by molar-refractivity contribution is 7.20. The van der Waals surface area contributed by atoms with Crippen molar-refractivity contribution >= 4 is 50.2 Å². The van der Waals surface area contributed by atoms with Crippen LogP contribution in [0.15, 0.2) is 45.6 Å². The predicted molar refractivity (Wildman–Crippen MR) is 114 cm³/mol. The number of halogens is 2. The van der Waals surface area contributed by atoms with E-state index in [1.54, 1.807) is 31.2 Å². The van der Waals surface area contributed by atoms with Gasteiger partial charge in [0, 0.05) is 11.6 Å². The van der Waals surface area contributed by atoms with Crippen molar-refractivity contribution in [2.75, 3.05) is 7.11 Å². The lowest BCUT2D eigenvalue weighted by Gasteiger charge is -1.99. The first-order valence-electron chi connectivity index (χ1n) is 8.72. The first kappa shape index (κ1) is 20.1. The van der Waals surface area contributed by atoms with Crippen LogP contribution in [0.25, 0.3) is 32.6 Å². The van der Waals surface area contributed by atoms with Crippen molar-refractivity contribution in [2.45, 2.75) is 6.92 Å². The van der Waals surface area contributed by atoms with Crippen LogP contribution in [-0.4, -0.2) is 23.0 Å². The average Bonchev–Trinajstić information content (AvgIpc) is 3.32. The summed E-state index contributed by atoms with van der Waals surface area (Å²) in [5.41, 5.74) is 0.818. The Labute approximate surface area is 178 Å². The van der Waals surface area contributed by atoms with Crippen LogP contribution in [0.4, 0.5) is 4.39 Å². The molecule has 3 heterocycles. The van der Waals surface area contributed by atoms with Gasteiger partial charge in [-0.15, -0.1) is 11.3 Å². The lowest BCUT2D eigenvalue weighted by Crippen LogP contribution is -2.10. The number of furan rings is 1. The number of aromatic nitrogens is 2. The fraction of sp³-hybridized carbons (Fsp3) is 0.0952. The lowest BCUT2D eigenvalue weighted by atomic mass is 10.2. The number of nitrogens with one attached hydrogen (secondary N) is 1. The zero-order chi connectivity index (χ0) is 21.4. The van der Waals surface area contributed by atoms with E-state index in [4.69, 9.17) is 20.8 Å². The molecule has 9 heteroatoms. The molecule has 0 atom stereocenters. The van der Waals surface area contributed by atoms with Gasteiger partial charge in [0.2, 0.25) is 0 Å². The second-order valence-corrected chi connectivity index (χ2v) is 7.75. The van der Waals surface area contributed by atoms with Crippen molar-refractivity contribution in [1.29, 1.82) is 0 Å². The first-order valence-corrected chi connectivity index (χ1v) is 9.92. The number of fused-ring (bicyclic) bond motifs is 1.